The molecule has 2 aromatic carbocycles. The second kappa shape index (κ2) is 6.81. The van der Waals surface area contributed by atoms with E-state index in [0.29, 0.717) is 6.61 Å². The Balaban J connectivity index is 2.17. The molecule has 0 saturated carbocycles. The molecule has 0 aliphatic heterocycles. The lowest BCUT2D eigenvalue weighted by molar-refractivity contribution is -0.643. The average molecular weight is 258 g/mol. The zero-order chi connectivity index (χ0) is 13.5. The van der Waals surface area contributed by atoms with Gasteiger partial charge in [0.1, 0.15) is 13.2 Å². The van der Waals surface area contributed by atoms with E-state index in [1.54, 1.807) is 7.11 Å². The van der Waals surface area contributed by atoms with E-state index in [0.717, 1.165) is 29.2 Å². The number of nitrogens with two attached hydrogens (primary N) is 1. The Morgan fingerprint density at radius 3 is 2.47 bits per heavy atom. The van der Waals surface area contributed by atoms with Gasteiger partial charge in [0, 0.05) is 0 Å². The first kappa shape index (κ1) is 13.4. The van der Waals surface area contributed by atoms with Gasteiger partial charge in [0.15, 0.2) is 11.5 Å². The number of ether oxygens (including phenoxy) is 2. The summed E-state index contributed by atoms with van der Waals surface area (Å²) in [5.74, 6) is 1.63. The van der Waals surface area contributed by atoms with Crippen molar-refractivity contribution in [2.24, 2.45) is 0 Å². The van der Waals surface area contributed by atoms with Crippen LogP contribution < -0.4 is 14.8 Å². The van der Waals surface area contributed by atoms with Crippen LogP contribution in [0, 0.1) is 0 Å². The van der Waals surface area contributed by atoms with Crippen molar-refractivity contribution in [1.29, 1.82) is 0 Å². The molecule has 2 N–H and O–H groups in total. The van der Waals surface area contributed by atoms with Crippen LogP contribution in [0.2, 0.25) is 0 Å². The van der Waals surface area contributed by atoms with Gasteiger partial charge >= 0.3 is 0 Å². The van der Waals surface area contributed by atoms with Crippen LogP contribution in [-0.4, -0.2) is 14.2 Å². The third-order valence-corrected chi connectivity index (χ3v) is 2.93. The zero-order valence-electron chi connectivity index (χ0n) is 11.4. The number of hydrogen-bond acceptors (Lipinski definition) is 2. The van der Waals surface area contributed by atoms with Gasteiger partial charge in [0.05, 0.1) is 19.7 Å². The number of hydrogen-bond donors (Lipinski definition) is 1. The lowest BCUT2D eigenvalue weighted by atomic mass is 10.2. The number of methoxy groups -OCH3 is 1. The quantitative estimate of drug-likeness (QED) is 0.859. The van der Waals surface area contributed by atoms with Gasteiger partial charge in [-0.25, -0.2) is 0 Å². The zero-order valence-corrected chi connectivity index (χ0v) is 11.4. The molecule has 100 valence electrons. The van der Waals surface area contributed by atoms with Gasteiger partial charge < -0.3 is 14.8 Å². The maximum absolute atomic E-state index is 5.95. The molecule has 0 bridgehead atoms. The highest BCUT2D eigenvalue weighted by Gasteiger charge is 2.11. The SMILES string of the molecule is C[NH2+]Cc1cccc(OC)c1OCc1ccccc1. The minimum Gasteiger partial charge on any atom is -0.493 e. The Morgan fingerprint density at radius 1 is 1.00 bits per heavy atom. The first-order valence-corrected chi connectivity index (χ1v) is 6.45. The number of para-hydroxylation sites is 1. The molecule has 0 radical (unpaired) electrons. The summed E-state index contributed by atoms with van der Waals surface area (Å²) in [6.45, 7) is 1.43. The molecule has 2 aromatic rings. The van der Waals surface area contributed by atoms with Crippen LogP contribution in [0.15, 0.2) is 48.5 Å². The molecule has 0 heterocycles. The smallest absolute Gasteiger partial charge is 0.170 e. The first-order valence-electron chi connectivity index (χ1n) is 6.45. The summed E-state index contributed by atoms with van der Waals surface area (Å²) in [6, 6.07) is 16.1. The van der Waals surface area contributed by atoms with E-state index in [-0.39, 0.29) is 0 Å². The fourth-order valence-corrected chi connectivity index (χ4v) is 2.00. The van der Waals surface area contributed by atoms with Crippen molar-refractivity contribution in [3.63, 3.8) is 0 Å². The summed E-state index contributed by atoms with van der Waals surface area (Å²) in [4.78, 5) is 0. The van der Waals surface area contributed by atoms with E-state index in [1.165, 1.54) is 0 Å². The van der Waals surface area contributed by atoms with Gasteiger partial charge in [-0.15, -0.1) is 0 Å². The Morgan fingerprint density at radius 2 is 1.79 bits per heavy atom. The Kier molecular flexibility index (Phi) is 4.81. The van der Waals surface area contributed by atoms with E-state index in [9.17, 15) is 0 Å². The largest absolute Gasteiger partial charge is 0.493 e. The summed E-state index contributed by atoms with van der Waals surface area (Å²) in [7, 11) is 3.71. The monoisotopic (exact) mass is 258 g/mol. The first-order chi connectivity index (χ1) is 9.35. The normalized spacial score (nSPS) is 10.2. The predicted molar refractivity (Wildman–Crippen MR) is 75.3 cm³/mol. The number of quaternary nitrogens is 1. The van der Waals surface area contributed by atoms with E-state index >= 15 is 0 Å². The molecule has 0 aromatic heterocycles. The summed E-state index contributed by atoms with van der Waals surface area (Å²) >= 11 is 0. The third-order valence-electron chi connectivity index (χ3n) is 2.93. The predicted octanol–water partition coefficient (Wildman–Crippen LogP) is 1.97. The molecule has 0 unspecified atom stereocenters. The van der Waals surface area contributed by atoms with Gasteiger partial charge in [-0.05, 0) is 17.7 Å². The van der Waals surface area contributed by atoms with Crippen molar-refractivity contribution in [2.45, 2.75) is 13.2 Å². The van der Waals surface area contributed by atoms with Crippen molar-refractivity contribution in [3.05, 3.63) is 59.7 Å². The van der Waals surface area contributed by atoms with Crippen LogP contribution in [0.3, 0.4) is 0 Å². The van der Waals surface area contributed by atoms with Gasteiger partial charge in [-0.3, -0.25) is 0 Å². The van der Waals surface area contributed by atoms with E-state index in [2.05, 4.69) is 23.5 Å². The molecule has 0 aliphatic carbocycles. The third kappa shape index (κ3) is 3.48. The van der Waals surface area contributed by atoms with Crippen molar-refractivity contribution in [3.8, 4) is 11.5 Å². The van der Waals surface area contributed by atoms with Crippen LogP contribution in [0.5, 0.6) is 11.5 Å². The molecule has 0 amide bonds. The van der Waals surface area contributed by atoms with Gasteiger partial charge in [0.25, 0.3) is 0 Å². The van der Waals surface area contributed by atoms with Crippen molar-refractivity contribution >= 4 is 0 Å². The molecule has 3 heteroatoms. The average Bonchev–Trinajstić information content (AvgIpc) is 2.47. The molecule has 0 atom stereocenters. The van der Waals surface area contributed by atoms with E-state index < -0.39 is 0 Å². The van der Waals surface area contributed by atoms with Gasteiger partial charge in [-0.1, -0.05) is 36.4 Å². The van der Waals surface area contributed by atoms with Gasteiger partial charge in [-0.2, -0.15) is 0 Å². The standard InChI is InChI=1S/C16H19NO2/c1-17-11-14-9-6-10-15(18-2)16(14)19-12-13-7-4-3-5-8-13/h3-10,17H,11-12H2,1-2H3/p+1. The Bertz CT molecular complexity index is 511. The summed E-state index contributed by atoms with van der Waals surface area (Å²) in [5.41, 5.74) is 2.30. The maximum atomic E-state index is 5.95. The Labute approximate surface area is 114 Å². The van der Waals surface area contributed by atoms with Crippen LogP contribution in [0.1, 0.15) is 11.1 Å². The molecule has 0 fully saturated rings. The molecule has 19 heavy (non-hydrogen) atoms. The summed E-state index contributed by atoms with van der Waals surface area (Å²) in [6.07, 6.45) is 0. The number of rotatable bonds is 6. The van der Waals surface area contributed by atoms with Crippen LogP contribution in [0.4, 0.5) is 0 Å². The Hall–Kier alpha value is -2.00. The van der Waals surface area contributed by atoms with Crippen LogP contribution in [-0.2, 0) is 13.2 Å². The fraction of sp³-hybridized carbons (Fsp3) is 0.250. The molecular formula is C16H20NO2+. The maximum Gasteiger partial charge on any atom is 0.170 e. The summed E-state index contributed by atoms with van der Waals surface area (Å²) < 4.78 is 11.3. The lowest BCUT2D eigenvalue weighted by Gasteiger charge is -2.14. The number of benzene rings is 2. The van der Waals surface area contributed by atoms with Crippen molar-refractivity contribution in [2.75, 3.05) is 14.2 Å². The highest BCUT2D eigenvalue weighted by molar-refractivity contribution is 5.46. The van der Waals surface area contributed by atoms with E-state index in [1.807, 2.05) is 37.4 Å². The highest BCUT2D eigenvalue weighted by Crippen LogP contribution is 2.31. The lowest BCUT2D eigenvalue weighted by Crippen LogP contribution is -2.77. The van der Waals surface area contributed by atoms with Crippen LogP contribution >= 0.6 is 0 Å². The molecule has 2 rings (SSSR count). The van der Waals surface area contributed by atoms with Gasteiger partial charge in [0.2, 0.25) is 0 Å². The molecule has 0 spiro atoms. The summed E-state index contributed by atoms with van der Waals surface area (Å²) in [5, 5.41) is 2.12. The van der Waals surface area contributed by atoms with Crippen molar-refractivity contribution < 1.29 is 14.8 Å². The molecule has 0 aliphatic rings. The second-order valence-electron chi connectivity index (χ2n) is 4.34. The second-order valence-corrected chi connectivity index (χ2v) is 4.34. The molecule has 3 nitrogen and oxygen atoms in total. The molecular weight excluding hydrogens is 238 g/mol. The van der Waals surface area contributed by atoms with Crippen molar-refractivity contribution in [1.82, 2.24) is 0 Å². The fourth-order valence-electron chi connectivity index (χ4n) is 2.00. The van der Waals surface area contributed by atoms with E-state index in [4.69, 9.17) is 9.47 Å². The van der Waals surface area contributed by atoms with Crippen LogP contribution in [0.25, 0.3) is 0 Å². The minimum absolute atomic E-state index is 0.553. The highest BCUT2D eigenvalue weighted by atomic mass is 16.5. The minimum atomic E-state index is 0.553. The molecule has 0 saturated heterocycles. The topological polar surface area (TPSA) is 35.1 Å².